The van der Waals surface area contributed by atoms with Crippen molar-refractivity contribution in [3.05, 3.63) is 35.5 Å². The van der Waals surface area contributed by atoms with Gasteiger partial charge in [-0.05, 0) is 25.0 Å². The normalized spacial score (nSPS) is 20.8. The maximum absolute atomic E-state index is 5.64. The number of hydrogen-bond acceptors (Lipinski definition) is 9. The van der Waals surface area contributed by atoms with Gasteiger partial charge in [-0.15, -0.1) is 11.3 Å². The molecule has 1 N–H and O–H groups in total. The van der Waals surface area contributed by atoms with Gasteiger partial charge in [-0.3, -0.25) is 9.80 Å². The lowest BCUT2D eigenvalue weighted by Gasteiger charge is -2.39. The molecule has 4 aromatic rings. The average molecular weight is 520 g/mol. The van der Waals surface area contributed by atoms with Crippen LogP contribution in [0, 0.1) is 0 Å². The average Bonchev–Trinajstić information content (AvgIpc) is 3.60. The second-order valence-corrected chi connectivity index (χ2v) is 11.2. The molecule has 3 fully saturated rings. The summed E-state index contributed by atoms with van der Waals surface area (Å²) in [6.07, 6.45) is 4.40. The molecule has 194 valence electrons. The van der Waals surface area contributed by atoms with Gasteiger partial charge in [-0.2, -0.15) is 0 Å². The molecule has 10 heteroatoms. The minimum absolute atomic E-state index is 0.688. The fraction of sp³-hybridized carbons (Fsp3) is 0.519. The number of aromatic amines is 1. The summed E-state index contributed by atoms with van der Waals surface area (Å²) in [6.45, 7) is 10.1. The Hall–Kier alpha value is -2.63. The summed E-state index contributed by atoms with van der Waals surface area (Å²) in [5, 5.41) is 2.26. The number of anilines is 1. The molecule has 3 saturated heterocycles. The van der Waals surface area contributed by atoms with Crippen molar-refractivity contribution in [2.45, 2.75) is 25.4 Å². The molecule has 0 saturated carbocycles. The summed E-state index contributed by atoms with van der Waals surface area (Å²) >= 11 is 1.76. The van der Waals surface area contributed by atoms with Gasteiger partial charge in [-0.1, -0.05) is 12.1 Å². The van der Waals surface area contributed by atoms with Gasteiger partial charge in [-0.25, -0.2) is 15.0 Å². The molecular weight excluding hydrogens is 486 g/mol. The van der Waals surface area contributed by atoms with E-state index in [2.05, 4.69) is 43.9 Å². The summed E-state index contributed by atoms with van der Waals surface area (Å²) in [5.74, 6) is 1.73. The van der Waals surface area contributed by atoms with E-state index >= 15 is 0 Å². The van der Waals surface area contributed by atoms with Crippen LogP contribution in [0.15, 0.2) is 30.5 Å². The Morgan fingerprint density at radius 1 is 0.892 bits per heavy atom. The van der Waals surface area contributed by atoms with Crippen LogP contribution < -0.4 is 4.90 Å². The van der Waals surface area contributed by atoms with Gasteiger partial charge >= 0.3 is 0 Å². The van der Waals surface area contributed by atoms with Crippen LogP contribution in [-0.2, 0) is 16.0 Å². The zero-order valence-electron chi connectivity index (χ0n) is 21.1. The number of fused-ring (bicyclic) bond motifs is 2. The molecule has 0 spiro atoms. The van der Waals surface area contributed by atoms with Crippen LogP contribution in [0.5, 0.6) is 0 Å². The lowest BCUT2D eigenvalue weighted by molar-refractivity contribution is 0.000231. The third kappa shape index (κ3) is 4.72. The summed E-state index contributed by atoms with van der Waals surface area (Å²) in [7, 11) is 0. The van der Waals surface area contributed by atoms with E-state index in [9.17, 15) is 0 Å². The topological polar surface area (TPSA) is 82.6 Å². The lowest BCUT2D eigenvalue weighted by atomic mass is 10.0. The van der Waals surface area contributed by atoms with Crippen LogP contribution in [0.25, 0.3) is 32.6 Å². The van der Waals surface area contributed by atoms with Crippen LogP contribution in [0.3, 0.4) is 0 Å². The van der Waals surface area contributed by atoms with Crippen molar-refractivity contribution in [2.75, 3.05) is 70.6 Å². The maximum atomic E-state index is 5.64. The van der Waals surface area contributed by atoms with Crippen molar-refractivity contribution in [3.8, 4) is 11.4 Å². The van der Waals surface area contributed by atoms with Gasteiger partial charge < -0.3 is 19.4 Å². The number of piperidine rings is 1. The number of H-pyrrole nitrogens is 1. The smallest absolute Gasteiger partial charge is 0.176 e. The summed E-state index contributed by atoms with van der Waals surface area (Å²) in [4.78, 5) is 26.0. The van der Waals surface area contributed by atoms with Crippen molar-refractivity contribution in [1.29, 1.82) is 0 Å². The van der Waals surface area contributed by atoms with Crippen molar-refractivity contribution >= 4 is 38.4 Å². The first-order chi connectivity index (χ1) is 18.3. The van der Waals surface area contributed by atoms with Crippen molar-refractivity contribution in [3.63, 3.8) is 0 Å². The minimum Gasteiger partial charge on any atom is -0.379 e. The molecule has 3 aliphatic heterocycles. The predicted octanol–water partition coefficient (Wildman–Crippen LogP) is 3.37. The van der Waals surface area contributed by atoms with E-state index in [1.54, 1.807) is 11.3 Å². The quantitative estimate of drug-likeness (QED) is 0.430. The molecular formula is C27H33N7O2S. The number of hydrogen-bond donors (Lipinski definition) is 1. The monoisotopic (exact) mass is 519 g/mol. The standard InChI is InChI=1S/C27H33N7O2S/c1-2-21(20-4-7-28-22(20)3-1)25-30-26-24(27(31-25)34-12-16-36-17-13-34)37-23(29-26)18-32-8-5-19(6-9-32)33-10-14-35-15-11-33/h1-4,7,19,28H,5-6,8-18H2. The third-order valence-corrected chi connectivity index (χ3v) is 8.93. The van der Waals surface area contributed by atoms with Crippen molar-refractivity contribution in [1.82, 2.24) is 29.7 Å². The molecule has 0 atom stereocenters. The second-order valence-electron chi connectivity index (χ2n) is 10.1. The zero-order chi connectivity index (χ0) is 24.6. The van der Waals surface area contributed by atoms with E-state index in [1.807, 2.05) is 6.20 Å². The first-order valence-corrected chi connectivity index (χ1v) is 14.2. The van der Waals surface area contributed by atoms with Gasteiger partial charge in [0.15, 0.2) is 17.3 Å². The molecule has 37 heavy (non-hydrogen) atoms. The number of benzene rings is 1. The maximum Gasteiger partial charge on any atom is 0.176 e. The molecule has 3 aromatic heterocycles. The SMILES string of the molecule is c1cc(-c2nc(N3CCOCC3)c3sc(CN4CCC(N5CCOCC5)CC4)nc3n2)c2cc[nH]c2c1. The number of nitrogens with zero attached hydrogens (tertiary/aromatic N) is 6. The molecule has 0 bridgehead atoms. The second kappa shape index (κ2) is 10.3. The van der Waals surface area contributed by atoms with E-state index in [-0.39, 0.29) is 0 Å². The number of rotatable bonds is 5. The first kappa shape index (κ1) is 23.5. The van der Waals surface area contributed by atoms with Crippen LogP contribution in [0.2, 0.25) is 0 Å². The molecule has 9 nitrogen and oxygen atoms in total. The van der Waals surface area contributed by atoms with Crippen LogP contribution in [0.4, 0.5) is 5.82 Å². The van der Waals surface area contributed by atoms with E-state index in [4.69, 9.17) is 24.4 Å². The fourth-order valence-corrected chi connectivity index (χ4v) is 6.95. The third-order valence-electron chi connectivity index (χ3n) is 7.90. The summed E-state index contributed by atoms with van der Waals surface area (Å²) < 4.78 is 12.3. The van der Waals surface area contributed by atoms with Gasteiger partial charge in [0, 0.05) is 68.0 Å². The highest BCUT2D eigenvalue weighted by molar-refractivity contribution is 7.19. The molecule has 0 radical (unpaired) electrons. The Balaban J connectivity index is 1.17. The van der Waals surface area contributed by atoms with Crippen LogP contribution in [-0.4, -0.2) is 101 Å². The first-order valence-electron chi connectivity index (χ1n) is 13.4. The van der Waals surface area contributed by atoms with Crippen molar-refractivity contribution in [2.24, 2.45) is 0 Å². The zero-order valence-corrected chi connectivity index (χ0v) is 21.9. The van der Waals surface area contributed by atoms with Crippen LogP contribution in [0.1, 0.15) is 17.8 Å². The predicted molar refractivity (Wildman–Crippen MR) is 146 cm³/mol. The number of ether oxygens (including phenoxy) is 2. The van der Waals surface area contributed by atoms with Gasteiger partial charge in [0.2, 0.25) is 0 Å². The Morgan fingerprint density at radius 3 is 2.49 bits per heavy atom. The number of thiazole rings is 1. The Bertz CT molecular complexity index is 1370. The number of morpholine rings is 2. The van der Waals surface area contributed by atoms with Gasteiger partial charge in [0.25, 0.3) is 0 Å². The highest BCUT2D eigenvalue weighted by Crippen LogP contribution is 2.35. The number of likely N-dealkylation sites (tertiary alicyclic amines) is 1. The fourth-order valence-electron chi connectivity index (χ4n) is 5.89. The number of nitrogens with one attached hydrogen (secondary N) is 1. The molecule has 1 aromatic carbocycles. The summed E-state index contributed by atoms with van der Waals surface area (Å²) in [6, 6.07) is 9.03. The largest absolute Gasteiger partial charge is 0.379 e. The molecule has 7 rings (SSSR count). The molecule has 3 aliphatic rings. The Labute approximate surface area is 220 Å². The van der Waals surface area contributed by atoms with Crippen LogP contribution >= 0.6 is 11.3 Å². The minimum atomic E-state index is 0.688. The van der Waals surface area contributed by atoms with Gasteiger partial charge in [0.1, 0.15) is 9.71 Å². The molecule has 6 heterocycles. The number of aromatic nitrogens is 4. The van der Waals surface area contributed by atoms with Crippen molar-refractivity contribution < 1.29 is 9.47 Å². The molecule has 0 aliphatic carbocycles. The molecule has 0 unspecified atom stereocenters. The molecule has 0 amide bonds. The van der Waals surface area contributed by atoms with Gasteiger partial charge in [0.05, 0.1) is 33.0 Å². The summed E-state index contributed by atoms with van der Waals surface area (Å²) in [5.41, 5.74) is 2.94. The lowest BCUT2D eigenvalue weighted by Crippen LogP contribution is -2.48. The van der Waals surface area contributed by atoms with E-state index in [0.717, 1.165) is 116 Å². The van der Waals surface area contributed by atoms with E-state index < -0.39 is 0 Å². The highest BCUT2D eigenvalue weighted by Gasteiger charge is 2.27. The Morgan fingerprint density at radius 2 is 1.68 bits per heavy atom. The van der Waals surface area contributed by atoms with E-state index in [1.165, 1.54) is 12.8 Å². The Kier molecular flexibility index (Phi) is 6.51. The van der Waals surface area contributed by atoms with E-state index in [0.29, 0.717) is 6.04 Å². The highest BCUT2D eigenvalue weighted by atomic mass is 32.1.